The lowest BCUT2D eigenvalue weighted by molar-refractivity contribution is -0.0273. The summed E-state index contributed by atoms with van der Waals surface area (Å²) in [5.41, 5.74) is 1.80. The number of rotatable bonds is 7. The van der Waals surface area contributed by atoms with E-state index in [1.54, 1.807) is 37.8 Å². The van der Waals surface area contributed by atoms with Gasteiger partial charge in [0.25, 0.3) is 6.29 Å². The Morgan fingerprint density at radius 3 is 2.69 bits per heavy atom. The van der Waals surface area contributed by atoms with E-state index >= 15 is 0 Å². The van der Waals surface area contributed by atoms with Crippen molar-refractivity contribution in [3.8, 4) is 17.2 Å². The quantitative estimate of drug-likeness (QED) is 0.454. The molecule has 0 atom stereocenters. The molecule has 0 saturated heterocycles. The van der Waals surface area contributed by atoms with Crippen molar-refractivity contribution in [2.75, 3.05) is 29.1 Å². The first-order valence-corrected chi connectivity index (χ1v) is 11.0. The molecule has 12 nitrogen and oxygen atoms in total. The van der Waals surface area contributed by atoms with Crippen LogP contribution < -0.4 is 15.5 Å². The number of amides is 2. The van der Waals surface area contributed by atoms with E-state index in [0.29, 0.717) is 17.2 Å². The van der Waals surface area contributed by atoms with Crippen LogP contribution in [0.15, 0.2) is 49.3 Å². The first-order chi connectivity index (χ1) is 17.1. The van der Waals surface area contributed by atoms with Crippen LogP contribution in [0, 0.1) is 11.3 Å². The number of ether oxygens (including phenoxy) is 2. The number of carbonyl (C=O) groups is 1. The number of nitriles is 1. The molecule has 3 N–H and O–H groups in total. The molecule has 0 spiro atoms. The van der Waals surface area contributed by atoms with Crippen LogP contribution in [0.4, 0.5) is 22.1 Å². The fourth-order valence-electron chi connectivity index (χ4n) is 3.37. The largest absolute Gasteiger partial charge is 0.454 e. The van der Waals surface area contributed by atoms with Crippen molar-refractivity contribution < 1.29 is 19.4 Å². The lowest BCUT2D eigenvalue weighted by Gasteiger charge is -2.21. The van der Waals surface area contributed by atoms with Crippen LogP contribution in [0.2, 0.25) is 0 Å². The number of nitrogens with one attached hydrogen (secondary N) is 2. The third kappa shape index (κ3) is 5.53. The lowest BCUT2D eigenvalue weighted by atomic mass is 10.1. The van der Waals surface area contributed by atoms with E-state index in [4.69, 9.17) is 9.47 Å². The van der Waals surface area contributed by atoms with Gasteiger partial charge in [0, 0.05) is 50.2 Å². The standard InChI is InChI=1S/C24H26N8O4/c1-24(2,34)14-27-18-9-19(26-11-15(18)10-25)29-23(33)32(4)20-6-5-17(16-12-28-31(3)13-16)21(30-20)22-35-7-8-36-22/h5-9,11-13,22,34H,14H2,1-4H3,(H2,26,27,29,33). The smallest absolute Gasteiger partial charge is 0.328 e. The van der Waals surface area contributed by atoms with Gasteiger partial charge in [-0.05, 0) is 26.0 Å². The number of hydrogen-bond acceptors (Lipinski definition) is 9. The van der Waals surface area contributed by atoms with Gasteiger partial charge in [-0.1, -0.05) is 0 Å². The Morgan fingerprint density at radius 2 is 2.06 bits per heavy atom. The molecule has 1 aliphatic heterocycles. The van der Waals surface area contributed by atoms with Gasteiger partial charge < -0.3 is 19.9 Å². The van der Waals surface area contributed by atoms with Crippen molar-refractivity contribution >= 4 is 23.4 Å². The van der Waals surface area contributed by atoms with Crippen LogP contribution in [-0.2, 0) is 16.5 Å². The molecule has 3 aromatic heterocycles. The van der Waals surface area contributed by atoms with Gasteiger partial charge in [-0.15, -0.1) is 0 Å². The van der Waals surface area contributed by atoms with Crippen molar-refractivity contribution in [2.24, 2.45) is 7.05 Å². The molecule has 0 unspecified atom stereocenters. The maximum absolute atomic E-state index is 13.0. The number of nitrogens with zero attached hydrogens (tertiary/aromatic N) is 6. The van der Waals surface area contributed by atoms with Gasteiger partial charge in [0.05, 0.1) is 23.0 Å². The minimum Gasteiger partial charge on any atom is -0.454 e. The zero-order valence-electron chi connectivity index (χ0n) is 20.3. The fourth-order valence-corrected chi connectivity index (χ4v) is 3.37. The molecule has 0 fully saturated rings. The number of aryl methyl sites for hydroxylation is 1. The number of aliphatic hydroxyl groups is 1. The number of hydrogen-bond donors (Lipinski definition) is 3. The summed E-state index contributed by atoms with van der Waals surface area (Å²) in [4.78, 5) is 23.1. The Morgan fingerprint density at radius 1 is 1.31 bits per heavy atom. The molecular formula is C24H26N8O4. The summed E-state index contributed by atoms with van der Waals surface area (Å²) < 4.78 is 12.7. The minimum atomic E-state index is -0.993. The van der Waals surface area contributed by atoms with E-state index in [1.807, 2.05) is 25.4 Å². The minimum absolute atomic E-state index is 0.204. The Kier molecular flexibility index (Phi) is 6.75. The second kappa shape index (κ2) is 9.93. The van der Waals surface area contributed by atoms with E-state index in [0.717, 1.165) is 11.1 Å². The summed E-state index contributed by atoms with van der Waals surface area (Å²) in [6.45, 7) is 3.49. The highest BCUT2D eigenvalue weighted by atomic mass is 16.7. The average Bonchev–Trinajstić information content (AvgIpc) is 3.53. The third-order valence-electron chi connectivity index (χ3n) is 5.23. The van der Waals surface area contributed by atoms with Crippen LogP contribution in [0.3, 0.4) is 0 Å². The number of anilines is 3. The van der Waals surface area contributed by atoms with Crippen LogP contribution in [0.1, 0.15) is 31.4 Å². The maximum atomic E-state index is 13.0. The van der Waals surface area contributed by atoms with E-state index in [-0.39, 0.29) is 17.9 Å². The molecule has 2 amide bonds. The predicted octanol–water partition coefficient (Wildman–Crippen LogP) is 3.12. The number of aromatic nitrogens is 4. The molecule has 0 saturated carbocycles. The molecule has 186 valence electrons. The Bertz CT molecular complexity index is 1330. The van der Waals surface area contributed by atoms with Crippen molar-refractivity contribution in [3.63, 3.8) is 0 Å². The molecule has 36 heavy (non-hydrogen) atoms. The molecule has 12 heteroatoms. The molecule has 0 radical (unpaired) electrons. The summed E-state index contributed by atoms with van der Waals surface area (Å²) in [5, 5.41) is 29.3. The normalized spacial score (nSPS) is 13.0. The van der Waals surface area contributed by atoms with Gasteiger partial charge in [-0.2, -0.15) is 10.4 Å². The highest BCUT2D eigenvalue weighted by Crippen LogP contribution is 2.33. The van der Waals surface area contributed by atoms with Crippen LogP contribution in [0.25, 0.3) is 11.1 Å². The zero-order valence-corrected chi connectivity index (χ0v) is 20.3. The van der Waals surface area contributed by atoms with Gasteiger partial charge in [-0.25, -0.2) is 14.8 Å². The average molecular weight is 491 g/mol. The molecule has 4 heterocycles. The Balaban J connectivity index is 1.56. The van der Waals surface area contributed by atoms with Crippen LogP contribution in [0.5, 0.6) is 0 Å². The van der Waals surface area contributed by atoms with Crippen LogP contribution >= 0.6 is 0 Å². The molecule has 0 aliphatic carbocycles. The lowest BCUT2D eigenvalue weighted by Crippen LogP contribution is -2.32. The summed E-state index contributed by atoms with van der Waals surface area (Å²) in [6, 6.07) is 6.60. The van der Waals surface area contributed by atoms with Gasteiger partial charge in [0.1, 0.15) is 35.9 Å². The molecule has 0 aromatic carbocycles. The fraction of sp³-hybridized carbons (Fsp3) is 0.292. The topological polar surface area (TPSA) is 150 Å². The van der Waals surface area contributed by atoms with Gasteiger partial charge >= 0.3 is 6.03 Å². The first kappa shape index (κ1) is 24.5. The highest BCUT2D eigenvalue weighted by Gasteiger charge is 2.25. The third-order valence-corrected chi connectivity index (χ3v) is 5.23. The second-order valence-corrected chi connectivity index (χ2v) is 8.76. The predicted molar refractivity (Wildman–Crippen MR) is 132 cm³/mol. The number of pyridine rings is 2. The van der Waals surface area contributed by atoms with E-state index in [9.17, 15) is 15.2 Å². The monoisotopic (exact) mass is 490 g/mol. The maximum Gasteiger partial charge on any atom is 0.328 e. The summed E-state index contributed by atoms with van der Waals surface area (Å²) in [6.07, 6.45) is 7.01. The Labute approximate surface area is 207 Å². The Hall–Kier alpha value is -4.63. The van der Waals surface area contributed by atoms with Crippen molar-refractivity contribution in [3.05, 3.63) is 60.6 Å². The van der Waals surface area contributed by atoms with Gasteiger partial charge in [0.15, 0.2) is 0 Å². The van der Waals surface area contributed by atoms with E-state index in [2.05, 4.69) is 25.7 Å². The van der Waals surface area contributed by atoms with E-state index in [1.165, 1.54) is 29.7 Å². The van der Waals surface area contributed by atoms with Crippen molar-refractivity contribution in [2.45, 2.75) is 25.7 Å². The highest BCUT2D eigenvalue weighted by molar-refractivity contribution is 6.00. The first-order valence-electron chi connectivity index (χ1n) is 11.0. The van der Waals surface area contributed by atoms with Gasteiger partial charge in [0.2, 0.25) is 0 Å². The summed E-state index contributed by atoms with van der Waals surface area (Å²) >= 11 is 0. The number of carbonyl (C=O) groups excluding carboxylic acids is 1. The van der Waals surface area contributed by atoms with Gasteiger partial charge in [-0.3, -0.25) is 14.9 Å². The number of urea groups is 1. The summed E-state index contributed by atoms with van der Waals surface area (Å²) in [5.74, 6) is 0.575. The summed E-state index contributed by atoms with van der Waals surface area (Å²) in [7, 11) is 3.38. The molecular weight excluding hydrogens is 464 g/mol. The zero-order chi connectivity index (χ0) is 25.9. The molecule has 3 aromatic rings. The van der Waals surface area contributed by atoms with Crippen LogP contribution in [-0.4, -0.2) is 50.1 Å². The van der Waals surface area contributed by atoms with Crippen molar-refractivity contribution in [1.29, 1.82) is 5.26 Å². The second-order valence-electron chi connectivity index (χ2n) is 8.76. The molecule has 0 bridgehead atoms. The molecule has 1 aliphatic rings. The molecule has 4 rings (SSSR count). The SMILES string of the molecule is CN(C(=O)Nc1cc(NCC(C)(C)O)c(C#N)cn1)c1ccc(-c2cnn(C)c2)c(C2OC=CO2)n1. The van der Waals surface area contributed by atoms with E-state index < -0.39 is 17.9 Å². The van der Waals surface area contributed by atoms with Crippen molar-refractivity contribution in [1.82, 2.24) is 19.7 Å².